The van der Waals surface area contributed by atoms with Crippen molar-refractivity contribution in [3.05, 3.63) is 55.9 Å². The molecule has 1 N–H and O–H groups in total. The second-order valence-electron chi connectivity index (χ2n) is 3.50. The van der Waals surface area contributed by atoms with Crippen LogP contribution < -0.4 is 5.32 Å². The van der Waals surface area contributed by atoms with Crippen LogP contribution in [0.2, 0.25) is 0 Å². The lowest BCUT2D eigenvalue weighted by atomic mass is 10.2. The molecule has 2 aromatic rings. The maximum absolute atomic E-state index is 10.5. The Morgan fingerprint density at radius 2 is 1.83 bits per heavy atom. The topological polar surface area (TPSA) is 81.0 Å². The molecule has 7 heteroatoms. The number of nitrogens with one attached hydrogen (secondary N) is 1. The Morgan fingerprint density at radius 3 is 2.39 bits per heavy atom. The van der Waals surface area contributed by atoms with Crippen LogP contribution in [0.25, 0.3) is 0 Å². The normalized spacial score (nSPS) is 10.1. The number of benzene rings is 1. The van der Waals surface area contributed by atoms with Crippen LogP contribution in [0.15, 0.2) is 36.7 Å². The van der Waals surface area contributed by atoms with Gasteiger partial charge in [-0.25, -0.2) is 9.97 Å². The number of hydrogen-bond acceptors (Lipinski definition) is 5. The van der Waals surface area contributed by atoms with Crippen molar-refractivity contribution in [3.63, 3.8) is 0 Å². The van der Waals surface area contributed by atoms with Gasteiger partial charge >= 0.3 is 0 Å². The van der Waals surface area contributed by atoms with Gasteiger partial charge in [0.05, 0.1) is 4.92 Å². The van der Waals surface area contributed by atoms with E-state index in [0.717, 1.165) is 9.13 Å². The first-order chi connectivity index (χ1) is 8.65. The molecule has 0 bridgehead atoms. The molecule has 6 nitrogen and oxygen atoms in total. The Bertz CT molecular complexity index is 542. The lowest BCUT2D eigenvalue weighted by Crippen LogP contribution is -2.03. The fraction of sp³-hybridized carbons (Fsp3) is 0.0909. The summed E-state index contributed by atoms with van der Waals surface area (Å²) in [4.78, 5) is 18.3. The van der Waals surface area contributed by atoms with E-state index in [9.17, 15) is 10.1 Å². The number of hydrogen-bond donors (Lipinski definition) is 1. The van der Waals surface area contributed by atoms with Gasteiger partial charge in [0, 0.05) is 34.6 Å². The first-order valence-corrected chi connectivity index (χ1v) is 6.18. The minimum atomic E-state index is -0.417. The summed E-state index contributed by atoms with van der Waals surface area (Å²) in [6.45, 7) is 0.526. The molecule has 0 aliphatic heterocycles. The maximum Gasteiger partial charge on any atom is 0.269 e. The third-order valence-corrected chi connectivity index (χ3v) is 2.78. The molecule has 1 aromatic carbocycles. The van der Waals surface area contributed by atoms with E-state index < -0.39 is 4.92 Å². The van der Waals surface area contributed by atoms with Crippen LogP contribution in [-0.2, 0) is 6.54 Å². The Morgan fingerprint density at radius 1 is 1.22 bits per heavy atom. The average Bonchev–Trinajstić information content (AvgIpc) is 2.38. The van der Waals surface area contributed by atoms with E-state index in [4.69, 9.17) is 0 Å². The van der Waals surface area contributed by atoms with Gasteiger partial charge in [0.25, 0.3) is 5.69 Å². The fourth-order valence-corrected chi connectivity index (χ4v) is 1.60. The van der Waals surface area contributed by atoms with Gasteiger partial charge in [-0.3, -0.25) is 10.1 Å². The van der Waals surface area contributed by atoms with Crippen LogP contribution in [0.4, 0.5) is 11.6 Å². The van der Waals surface area contributed by atoms with Crippen molar-refractivity contribution in [2.24, 2.45) is 0 Å². The molecular weight excluding hydrogens is 347 g/mol. The Kier molecular flexibility index (Phi) is 4.03. The Hall–Kier alpha value is -1.77. The molecule has 0 saturated heterocycles. The lowest BCUT2D eigenvalue weighted by molar-refractivity contribution is -0.384. The Labute approximate surface area is 117 Å². The highest BCUT2D eigenvalue weighted by Gasteiger charge is 2.03. The van der Waals surface area contributed by atoms with Crippen LogP contribution in [0, 0.1) is 13.7 Å². The zero-order valence-corrected chi connectivity index (χ0v) is 11.4. The van der Waals surface area contributed by atoms with Gasteiger partial charge in [-0.05, 0) is 28.2 Å². The predicted molar refractivity (Wildman–Crippen MR) is 75.2 cm³/mol. The minimum absolute atomic E-state index is 0.0873. The summed E-state index contributed by atoms with van der Waals surface area (Å²) in [5.74, 6) is 0.536. The van der Waals surface area contributed by atoms with Crippen LogP contribution in [0.5, 0.6) is 0 Å². The number of halogens is 1. The summed E-state index contributed by atoms with van der Waals surface area (Å²) >= 11 is 2.13. The van der Waals surface area contributed by atoms with E-state index in [1.54, 1.807) is 24.5 Å². The third-order valence-electron chi connectivity index (χ3n) is 2.22. The highest BCUT2D eigenvalue weighted by Crippen LogP contribution is 2.12. The zero-order chi connectivity index (χ0) is 13.0. The molecule has 0 unspecified atom stereocenters. The summed E-state index contributed by atoms with van der Waals surface area (Å²) in [6.07, 6.45) is 3.43. The minimum Gasteiger partial charge on any atom is -0.350 e. The SMILES string of the molecule is O=[N+]([O-])c1ccc(CNc2ncc(I)cn2)cc1. The Balaban J connectivity index is 1.97. The largest absolute Gasteiger partial charge is 0.350 e. The van der Waals surface area contributed by atoms with Crippen LogP contribution in [-0.4, -0.2) is 14.9 Å². The summed E-state index contributed by atoms with van der Waals surface area (Å²) < 4.78 is 0.966. The van der Waals surface area contributed by atoms with E-state index in [2.05, 4.69) is 37.9 Å². The van der Waals surface area contributed by atoms with Crippen molar-refractivity contribution in [1.82, 2.24) is 9.97 Å². The lowest BCUT2D eigenvalue weighted by Gasteiger charge is -2.04. The molecule has 0 saturated carbocycles. The molecule has 18 heavy (non-hydrogen) atoms. The van der Waals surface area contributed by atoms with Crippen molar-refractivity contribution in [2.45, 2.75) is 6.54 Å². The van der Waals surface area contributed by atoms with Gasteiger partial charge < -0.3 is 5.32 Å². The molecule has 0 fully saturated rings. The van der Waals surface area contributed by atoms with Gasteiger partial charge in [0.1, 0.15) is 0 Å². The monoisotopic (exact) mass is 356 g/mol. The van der Waals surface area contributed by atoms with Crippen molar-refractivity contribution >= 4 is 34.2 Å². The van der Waals surface area contributed by atoms with Crippen molar-refractivity contribution in [3.8, 4) is 0 Å². The number of nitro benzene ring substituents is 1. The molecule has 0 atom stereocenters. The van der Waals surface area contributed by atoms with Crippen LogP contribution >= 0.6 is 22.6 Å². The van der Waals surface area contributed by atoms with E-state index in [1.807, 2.05) is 0 Å². The molecule has 0 spiro atoms. The molecule has 1 aromatic heterocycles. The predicted octanol–water partition coefficient (Wildman–Crippen LogP) is 2.60. The van der Waals surface area contributed by atoms with Crippen molar-refractivity contribution in [1.29, 1.82) is 0 Å². The third kappa shape index (κ3) is 3.36. The molecule has 0 aliphatic rings. The molecule has 2 rings (SSSR count). The first kappa shape index (κ1) is 12.7. The highest BCUT2D eigenvalue weighted by molar-refractivity contribution is 14.1. The number of nitrogens with zero attached hydrogens (tertiary/aromatic N) is 3. The number of non-ortho nitro benzene ring substituents is 1. The highest BCUT2D eigenvalue weighted by atomic mass is 127. The van der Waals surface area contributed by atoms with Gasteiger partial charge in [-0.1, -0.05) is 12.1 Å². The first-order valence-electron chi connectivity index (χ1n) is 5.10. The van der Waals surface area contributed by atoms with E-state index >= 15 is 0 Å². The number of nitro groups is 1. The smallest absolute Gasteiger partial charge is 0.269 e. The van der Waals surface area contributed by atoms with Gasteiger partial charge in [0.15, 0.2) is 0 Å². The fourth-order valence-electron chi connectivity index (χ4n) is 1.32. The summed E-state index contributed by atoms with van der Waals surface area (Å²) in [5, 5.41) is 13.5. The summed E-state index contributed by atoms with van der Waals surface area (Å²) in [5.41, 5.74) is 1.02. The van der Waals surface area contributed by atoms with Crippen LogP contribution in [0.1, 0.15) is 5.56 Å². The van der Waals surface area contributed by atoms with Crippen molar-refractivity contribution in [2.75, 3.05) is 5.32 Å². The molecular formula is C11H9IN4O2. The maximum atomic E-state index is 10.5. The molecule has 92 valence electrons. The van der Waals surface area contributed by atoms with Crippen molar-refractivity contribution < 1.29 is 4.92 Å². The zero-order valence-electron chi connectivity index (χ0n) is 9.21. The van der Waals surface area contributed by atoms with E-state index in [0.29, 0.717) is 12.5 Å². The standard InChI is InChI=1S/C11H9IN4O2/c12-9-6-14-11(15-7-9)13-5-8-1-3-10(4-2-8)16(17)18/h1-4,6-7H,5H2,(H,13,14,15). The van der Waals surface area contributed by atoms with Gasteiger partial charge in [-0.2, -0.15) is 0 Å². The van der Waals surface area contributed by atoms with E-state index in [1.165, 1.54) is 12.1 Å². The van der Waals surface area contributed by atoms with Crippen LogP contribution in [0.3, 0.4) is 0 Å². The summed E-state index contributed by atoms with van der Waals surface area (Å²) in [6, 6.07) is 6.37. The number of anilines is 1. The average molecular weight is 356 g/mol. The second-order valence-corrected chi connectivity index (χ2v) is 4.75. The molecule has 0 aliphatic carbocycles. The number of rotatable bonds is 4. The molecule has 1 heterocycles. The van der Waals surface area contributed by atoms with Gasteiger partial charge in [-0.15, -0.1) is 0 Å². The summed E-state index contributed by atoms with van der Waals surface area (Å²) in [7, 11) is 0. The molecule has 0 amide bonds. The number of aromatic nitrogens is 2. The quantitative estimate of drug-likeness (QED) is 0.518. The molecule has 0 radical (unpaired) electrons. The second kappa shape index (κ2) is 5.71. The van der Waals surface area contributed by atoms with E-state index in [-0.39, 0.29) is 5.69 Å². The van der Waals surface area contributed by atoms with Gasteiger partial charge in [0.2, 0.25) is 5.95 Å².